The molecule has 0 heterocycles. The van der Waals surface area contributed by atoms with Crippen LogP contribution in [0.1, 0.15) is 34.5 Å². The molecule has 0 aliphatic carbocycles. The second kappa shape index (κ2) is 9.53. The lowest BCUT2D eigenvalue weighted by Gasteiger charge is -2.25. The van der Waals surface area contributed by atoms with Crippen LogP contribution in [0.2, 0.25) is 0 Å². The van der Waals surface area contributed by atoms with Crippen molar-refractivity contribution in [2.45, 2.75) is 24.3 Å². The van der Waals surface area contributed by atoms with Crippen LogP contribution in [0.4, 0.5) is 5.69 Å². The third kappa shape index (κ3) is 5.30. The minimum atomic E-state index is -0.458. The Morgan fingerprint density at radius 1 is 1.22 bits per heavy atom. The molecule has 2 aromatic carbocycles. The van der Waals surface area contributed by atoms with E-state index in [4.69, 9.17) is 0 Å². The monoisotopic (exact) mass is 387 g/mol. The van der Waals surface area contributed by atoms with Crippen LogP contribution in [-0.2, 0) is 6.42 Å². The van der Waals surface area contributed by atoms with Gasteiger partial charge in [0.25, 0.3) is 11.6 Å². The van der Waals surface area contributed by atoms with Crippen LogP contribution in [0, 0.1) is 10.1 Å². The molecule has 0 saturated heterocycles. The Balaban J connectivity index is 2.13. The van der Waals surface area contributed by atoms with E-state index in [1.54, 1.807) is 18.4 Å². The maximum Gasteiger partial charge on any atom is 0.283 e. The van der Waals surface area contributed by atoms with Gasteiger partial charge < -0.3 is 10.2 Å². The molecule has 0 aliphatic heterocycles. The molecule has 0 aromatic heterocycles. The molecule has 1 atom stereocenters. The number of nitro groups is 1. The van der Waals surface area contributed by atoms with Crippen LogP contribution in [0.25, 0.3) is 0 Å². The zero-order valence-corrected chi connectivity index (χ0v) is 16.9. The van der Waals surface area contributed by atoms with Crippen LogP contribution < -0.4 is 5.32 Å². The van der Waals surface area contributed by atoms with Crippen molar-refractivity contribution in [2.24, 2.45) is 0 Å². The number of nitro benzene ring substituents is 1. The van der Waals surface area contributed by atoms with E-state index >= 15 is 0 Å². The molecule has 1 unspecified atom stereocenters. The summed E-state index contributed by atoms with van der Waals surface area (Å²) in [6.07, 6.45) is 2.75. The number of aryl methyl sites for hydroxylation is 1. The minimum Gasteiger partial charge on any atom is -0.350 e. The number of amides is 1. The maximum atomic E-state index is 12.5. The van der Waals surface area contributed by atoms with Crippen molar-refractivity contribution in [3.8, 4) is 0 Å². The number of carbonyl (C=O) groups excluding carboxylic acids is 1. The number of likely N-dealkylation sites (N-methyl/N-ethyl adjacent to an activating group) is 1. The smallest absolute Gasteiger partial charge is 0.283 e. The van der Waals surface area contributed by atoms with E-state index in [2.05, 4.69) is 36.5 Å². The normalized spacial score (nSPS) is 12.0. The number of benzene rings is 2. The van der Waals surface area contributed by atoms with Crippen molar-refractivity contribution < 1.29 is 9.72 Å². The molecule has 2 aromatic rings. The van der Waals surface area contributed by atoms with E-state index in [9.17, 15) is 14.9 Å². The summed E-state index contributed by atoms with van der Waals surface area (Å²) < 4.78 is 0. The van der Waals surface area contributed by atoms with Gasteiger partial charge in [-0.3, -0.25) is 14.9 Å². The summed E-state index contributed by atoms with van der Waals surface area (Å²) in [4.78, 5) is 25.8. The molecule has 6 nitrogen and oxygen atoms in total. The summed E-state index contributed by atoms with van der Waals surface area (Å²) in [7, 11) is 3.92. The standard InChI is InChI=1S/C20H25N3O3S/c1-5-14-6-8-15(9-7-14)18(22(2)3)13-21-20(24)16-10-11-19(27-4)17(12-16)23(25)26/h6-12,18H,5,13H2,1-4H3,(H,21,24). The highest BCUT2D eigenvalue weighted by molar-refractivity contribution is 7.98. The fourth-order valence-corrected chi connectivity index (χ4v) is 3.39. The average molecular weight is 388 g/mol. The van der Waals surface area contributed by atoms with Crippen molar-refractivity contribution in [1.82, 2.24) is 10.2 Å². The van der Waals surface area contributed by atoms with Gasteiger partial charge in [0.15, 0.2) is 0 Å². The lowest BCUT2D eigenvalue weighted by molar-refractivity contribution is -0.387. The van der Waals surface area contributed by atoms with Crippen molar-refractivity contribution in [1.29, 1.82) is 0 Å². The molecule has 27 heavy (non-hydrogen) atoms. The molecule has 0 bridgehead atoms. The average Bonchev–Trinajstić information content (AvgIpc) is 2.67. The van der Waals surface area contributed by atoms with Crippen LogP contribution in [-0.4, -0.2) is 42.6 Å². The Labute approximate surface area is 164 Å². The first-order chi connectivity index (χ1) is 12.9. The summed E-state index contributed by atoms with van der Waals surface area (Å²) in [5.41, 5.74) is 2.62. The van der Waals surface area contributed by atoms with Gasteiger partial charge in [0.2, 0.25) is 0 Å². The van der Waals surface area contributed by atoms with Gasteiger partial charge in [-0.15, -0.1) is 11.8 Å². The maximum absolute atomic E-state index is 12.5. The predicted molar refractivity (Wildman–Crippen MR) is 109 cm³/mol. The lowest BCUT2D eigenvalue weighted by atomic mass is 10.0. The largest absolute Gasteiger partial charge is 0.350 e. The predicted octanol–water partition coefficient (Wildman–Crippen LogP) is 3.91. The molecule has 0 spiro atoms. The summed E-state index contributed by atoms with van der Waals surface area (Å²) >= 11 is 1.29. The van der Waals surface area contributed by atoms with E-state index in [0.717, 1.165) is 12.0 Å². The SMILES string of the molecule is CCc1ccc(C(CNC(=O)c2ccc(SC)c([N+](=O)[O-])c2)N(C)C)cc1. The molecule has 7 heteroatoms. The Kier molecular flexibility index (Phi) is 7.38. The van der Waals surface area contributed by atoms with Gasteiger partial charge in [-0.1, -0.05) is 31.2 Å². The second-order valence-electron chi connectivity index (χ2n) is 6.43. The number of hydrogen-bond acceptors (Lipinski definition) is 5. The van der Waals surface area contributed by atoms with Gasteiger partial charge in [0.05, 0.1) is 15.9 Å². The molecular formula is C20H25N3O3S. The third-order valence-electron chi connectivity index (χ3n) is 4.49. The van der Waals surface area contributed by atoms with Gasteiger partial charge in [-0.05, 0) is 50.0 Å². The molecule has 0 radical (unpaired) electrons. The molecule has 144 valence electrons. The van der Waals surface area contributed by atoms with Crippen molar-refractivity contribution in [2.75, 3.05) is 26.9 Å². The number of thioether (sulfide) groups is 1. The number of nitrogens with one attached hydrogen (secondary N) is 1. The molecule has 1 N–H and O–H groups in total. The molecule has 0 saturated carbocycles. The number of nitrogens with zero attached hydrogens (tertiary/aromatic N) is 2. The molecule has 1 amide bonds. The fourth-order valence-electron chi connectivity index (χ4n) is 2.84. The molecule has 0 fully saturated rings. The first-order valence-corrected chi connectivity index (χ1v) is 9.95. The summed E-state index contributed by atoms with van der Waals surface area (Å²) in [6, 6.07) is 12.9. The fraction of sp³-hybridized carbons (Fsp3) is 0.350. The first kappa shape index (κ1) is 20.9. The molecule has 0 aliphatic rings. The lowest BCUT2D eigenvalue weighted by Crippen LogP contribution is -2.34. The summed E-state index contributed by atoms with van der Waals surface area (Å²) in [5.74, 6) is -0.317. The van der Waals surface area contributed by atoms with Gasteiger partial charge in [-0.25, -0.2) is 0 Å². The Bertz CT molecular complexity index is 807. The van der Waals surface area contributed by atoms with Crippen molar-refractivity contribution in [3.63, 3.8) is 0 Å². The number of rotatable bonds is 8. The second-order valence-corrected chi connectivity index (χ2v) is 7.28. The van der Waals surface area contributed by atoms with Gasteiger partial charge in [0, 0.05) is 18.2 Å². The van der Waals surface area contributed by atoms with E-state index in [0.29, 0.717) is 17.0 Å². The summed E-state index contributed by atoms with van der Waals surface area (Å²) in [5, 5.41) is 14.1. The Morgan fingerprint density at radius 3 is 2.41 bits per heavy atom. The van der Waals surface area contributed by atoms with E-state index in [-0.39, 0.29) is 17.6 Å². The van der Waals surface area contributed by atoms with E-state index in [1.807, 2.05) is 19.0 Å². The number of hydrogen-bond donors (Lipinski definition) is 1. The zero-order valence-electron chi connectivity index (χ0n) is 16.1. The molecule has 2 rings (SSSR count). The third-order valence-corrected chi connectivity index (χ3v) is 5.27. The van der Waals surface area contributed by atoms with E-state index in [1.165, 1.54) is 23.4 Å². The van der Waals surface area contributed by atoms with Crippen molar-refractivity contribution >= 4 is 23.4 Å². The van der Waals surface area contributed by atoms with Crippen LogP contribution in [0.15, 0.2) is 47.4 Å². The first-order valence-electron chi connectivity index (χ1n) is 8.73. The van der Waals surface area contributed by atoms with Gasteiger partial charge in [-0.2, -0.15) is 0 Å². The van der Waals surface area contributed by atoms with Crippen molar-refractivity contribution in [3.05, 3.63) is 69.3 Å². The minimum absolute atomic E-state index is 0.0142. The Hall–Kier alpha value is -2.38. The van der Waals surface area contributed by atoms with E-state index < -0.39 is 4.92 Å². The summed E-state index contributed by atoms with van der Waals surface area (Å²) in [6.45, 7) is 2.52. The molecular weight excluding hydrogens is 362 g/mol. The van der Waals surface area contributed by atoms with Crippen LogP contribution in [0.3, 0.4) is 0 Å². The van der Waals surface area contributed by atoms with Crippen LogP contribution in [0.5, 0.6) is 0 Å². The highest BCUT2D eigenvalue weighted by Crippen LogP contribution is 2.28. The quantitative estimate of drug-likeness (QED) is 0.422. The van der Waals surface area contributed by atoms with Crippen LogP contribution >= 0.6 is 11.8 Å². The Morgan fingerprint density at radius 2 is 1.89 bits per heavy atom. The zero-order chi connectivity index (χ0) is 20.0. The van der Waals surface area contributed by atoms with Gasteiger partial charge in [0.1, 0.15) is 0 Å². The highest BCUT2D eigenvalue weighted by atomic mass is 32.2. The van der Waals surface area contributed by atoms with Gasteiger partial charge >= 0.3 is 0 Å². The highest BCUT2D eigenvalue weighted by Gasteiger charge is 2.19. The number of carbonyl (C=O) groups is 1. The topological polar surface area (TPSA) is 75.5 Å².